The Morgan fingerprint density at radius 3 is 2.67 bits per heavy atom. The smallest absolute Gasteiger partial charge is 0.241 e. The summed E-state index contributed by atoms with van der Waals surface area (Å²) in [6.07, 6.45) is 2.13. The Kier molecular flexibility index (Phi) is 10.9. The third-order valence-corrected chi connectivity index (χ3v) is 3.90. The first-order valence-electron chi connectivity index (χ1n) is 9.41. The Hall–Kier alpha value is -2.28. The van der Waals surface area contributed by atoms with Gasteiger partial charge in [-0.05, 0) is 25.0 Å². The van der Waals surface area contributed by atoms with Crippen LogP contribution in [-0.2, 0) is 16.1 Å². The maximum atomic E-state index is 11.8. The van der Waals surface area contributed by atoms with Crippen LogP contribution in [0.1, 0.15) is 30.9 Å². The number of aliphatic imine (C=N–C) groups is 1. The van der Waals surface area contributed by atoms with Crippen LogP contribution in [0, 0.1) is 6.92 Å². The highest BCUT2D eigenvalue weighted by Crippen LogP contribution is 2.21. The van der Waals surface area contributed by atoms with Gasteiger partial charge in [-0.1, -0.05) is 25.5 Å². The van der Waals surface area contributed by atoms with E-state index >= 15 is 0 Å². The molecular weight excluding hydrogens is 344 g/mol. The lowest BCUT2D eigenvalue weighted by Gasteiger charge is -2.15. The number of carbonyl (C=O) groups is 1. The second-order valence-electron chi connectivity index (χ2n) is 6.54. The number of hydrogen-bond donors (Lipinski definition) is 2. The molecule has 1 aromatic rings. The molecule has 0 atom stereocenters. The minimum atomic E-state index is -0.00100. The largest absolute Gasteiger partial charge is 0.491 e. The van der Waals surface area contributed by atoms with Crippen LogP contribution in [-0.4, -0.2) is 64.3 Å². The number of benzene rings is 1. The molecular formula is C20H34N4O3. The molecule has 0 heterocycles. The van der Waals surface area contributed by atoms with E-state index < -0.39 is 0 Å². The van der Waals surface area contributed by atoms with E-state index in [-0.39, 0.29) is 12.5 Å². The fourth-order valence-corrected chi connectivity index (χ4v) is 2.20. The number of likely N-dealkylation sites (N-methyl/N-ethyl adjacent to an activating group) is 1. The molecule has 0 aliphatic heterocycles. The molecule has 0 aliphatic carbocycles. The van der Waals surface area contributed by atoms with Crippen LogP contribution in [0.25, 0.3) is 0 Å². The van der Waals surface area contributed by atoms with E-state index in [0.717, 1.165) is 36.3 Å². The molecule has 0 aliphatic rings. The minimum Gasteiger partial charge on any atom is -0.491 e. The van der Waals surface area contributed by atoms with Crippen molar-refractivity contribution in [1.29, 1.82) is 0 Å². The quantitative estimate of drug-likeness (QED) is 0.350. The fourth-order valence-electron chi connectivity index (χ4n) is 2.20. The van der Waals surface area contributed by atoms with Crippen LogP contribution in [0.15, 0.2) is 23.2 Å². The van der Waals surface area contributed by atoms with E-state index in [1.54, 1.807) is 26.1 Å². The lowest BCUT2D eigenvalue weighted by molar-refractivity contribution is -0.127. The van der Waals surface area contributed by atoms with Gasteiger partial charge in [0, 0.05) is 33.3 Å². The van der Waals surface area contributed by atoms with Crippen molar-refractivity contribution in [2.75, 3.05) is 47.5 Å². The number of guanidine groups is 1. The van der Waals surface area contributed by atoms with E-state index in [4.69, 9.17) is 9.47 Å². The van der Waals surface area contributed by atoms with Gasteiger partial charge in [-0.2, -0.15) is 0 Å². The summed E-state index contributed by atoms with van der Waals surface area (Å²) in [6, 6.07) is 6.07. The third-order valence-electron chi connectivity index (χ3n) is 3.90. The van der Waals surface area contributed by atoms with Crippen molar-refractivity contribution in [3.05, 3.63) is 29.3 Å². The van der Waals surface area contributed by atoms with Crippen molar-refractivity contribution in [2.45, 2.75) is 33.2 Å². The van der Waals surface area contributed by atoms with Crippen molar-refractivity contribution in [3.63, 3.8) is 0 Å². The maximum absolute atomic E-state index is 11.8. The molecule has 152 valence electrons. The highest BCUT2D eigenvalue weighted by molar-refractivity contribution is 5.86. The second kappa shape index (κ2) is 13.0. The zero-order chi connectivity index (χ0) is 20.1. The van der Waals surface area contributed by atoms with Crippen molar-refractivity contribution in [1.82, 2.24) is 15.5 Å². The first-order chi connectivity index (χ1) is 13.0. The number of aryl methyl sites for hydroxylation is 1. The molecule has 27 heavy (non-hydrogen) atoms. The van der Waals surface area contributed by atoms with Crippen LogP contribution in [0.4, 0.5) is 0 Å². The van der Waals surface area contributed by atoms with E-state index in [1.165, 1.54) is 0 Å². The summed E-state index contributed by atoms with van der Waals surface area (Å²) >= 11 is 0. The van der Waals surface area contributed by atoms with Gasteiger partial charge in [-0.25, -0.2) is 4.99 Å². The first-order valence-corrected chi connectivity index (χ1v) is 9.41. The van der Waals surface area contributed by atoms with Crippen LogP contribution < -0.4 is 15.4 Å². The molecule has 0 spiro atoms. The SMILES string of the molecule is CCCCNC(=NCc1ccc(C)cc1OCCOC)NCC(=O)N(C)C. The first kappa shape index (κ1) is 22.8. The average Bonchev–Trinajstić information content (AvgIpc) is 2.64. The van der Waals surface area contributed by atoms with Gasteiger partial charge in [-0.15, -0.1) is 0 Å². The van der Waals surface area contributed by atoms with Gasteiger partial charge in [0.15, 0.2) is 5.96 Å². The van der Waals surface area contributed by atoms with E-state index in [9.17, 15) is 4.79 Å². The Labute approximate surface area is 163 Å². The molecule has 0 saturated heterocycles. The molecule has 1 aromatic carbocycles. The summed E-state index contributed by atoms with van der Waals surface area (Å²) in [4.78, 5) is 18.0. The van der Waals surface area contributed by atoms with Crippen LogP contribution in [0.5, 0.6) is 5.75 Å². The molecule has 0 unspecified atom stereocenters. The number of nitrogens with one attached hydrogen (secondary N) is 2. The third kappa shape index (κ3) is 9.28. The predicted molar refractivity (Wildman–Crippen MR) is 109 cm³/mol. The van der Waals surface area contributed by atoms with Crippen LogP contribution in [0.3, 0.4) is 0 Å². The van der Waals surface area contributed by atoms with Gasteiger partial charge < -0.3 is 25.0 Å². The normalized spacial score (nSPS) is 11.2. The molecule has 7 nitrogen and oxygen atoms in total. The van der Waals surface area contributed by atoms with Gasteiger partial charge in [0.05, 0.1) is 19.7 Å². The number of ether oxygens (including phenoxy) is 2. The average molecular weight is 379 g/mol. The zero-order valence-corrected chi connectivity index (χ0v) is 17.3. The molecule has 0 saturated carbocycles. The van der Waals surface area contributed by atoms with Crippen molar-refractivity contribution in [2.24, 2.45) is 4.99 Å². The molecule has 7 heteroatoms. The molecule has 1 amide bonds. The number of nitrogens with zero attached hydrogens (tertiary/aromatic N) is 2. The summed E-state index contributed by atoms with van der Waals surface area (Å²) in [7, 11) is 5.13. The summed E-state index contributed by atoms with van der Waals surface area (Å²) in [5, 5.41) is 6.38. The highest BCUT2D eigenvalue weighted by atomic mass is 16.5. The van der Waals surface area contributed by atoms with E-state index in [1.807, 2.05) is 25.1 Å². The van der Waals surface area contributed by atoms with Gasteiger partial charge in [-0.3, -0.25) is 4.79 Å². The summed E-state index contributed by atoms with van der Waals surface area (Å²) < 4.78 is 10.9. The van der Waals surface area contributed by atoms with Crippen molar-refractivity contribution >= 4 is 11.9 Å². The number of hydrogen-bond acceptors (Lipinski definition) is 4. The molecule has 0 aromatic heterocycles. The molecule has 0 fully saturated rings. The van der Waals surface area contributed by atoms with Crippen LogP contribution in [0.2, 0.25) is 0 Å². The lowest BCUT2D eigenvalue weighted by Crippen LogP contribution is -2.43. The minimum absolute atomic E-state index is 0.00100. The monoisotopic (exact) mass is 378 g/mol. The van der Waals surface area contributed by atoms with Crippen molar-refractivity contribution < 1.29 is 14.3 Å². The van der Waals surface area contributed by atoms with Gasteiger partial charge >= 0.3 is 0 Å². The number of amides is 1. The van der Waals surface area contributed by atoms with E-state index in [2.05, 4.69) is 22.5 Å². The van der Waals surface area contributed by atoms with Gasteiger partial charge in [0.1, 0.15) is 12.4 Å². The Morgan fingerprint density at radius 2 is 2.00 bits per heavy atom. The maximum Gasteiger partial charge on any atom is 0.241 e. The Morgan fingerprint density at radius 1 is 1.22 bits per heavy atom. The summed E-state index contributed by atoms with van der Waals surface area (Å²) in [5.41, 5.74) is 2.12. The topological polar surface area (TPSA) is 75.2 Å². The Balaban J connectivity index is 2.81. The number of unbranched alkanes of at least 4 members (excludes halogenated alkanes) is 1. The summed E-state index contributed by atoms with van der Waals surface area (Å²) in [5.74, 6) is 1.44. The van der Waals surface area contributed by atoms with E-state index in [0.29, 0.717) is 25.7 Å². The molecule has 2 N–H and O–H groups in total. The lowest BCUT2D eigenvalue weighted by atomic mass is 10.1. The Bertz CT molecular complexity index is 603. The highest BCUT2D eigenvalue weighted by Gasteiger charge is 2.08. The van der Waals surface area contributed by atoms with Crippen molar-refractivity contribution in [3.8, 4) is 5.75 Å². The summed E-state index contributed by atoms with van der Waals surface area (Å²) in [6.45, 7) is 6.67. The standard InChI is InChI=1S/C20H34N4O3/c1-6-7-10-21-20(23-15-19(25)24(3)4)22-14-17-9-8-16(2)13-18(17)27-12-11-26-5/h8-9,13H,6-7,10-12,14-15H2,1-5H3,(H2,21,22,23). The zero-order valence-electron chi connectivity index (χ0n) is 17.3. The second-order valence-corrected chi connectivity index (χ2v) is 6.54. The number of methoxy groups -OCH3 is 1. The van der Waals surface area contributed by atoms with Gasteiger partial charge in [0.2, 0.25) is 5.91 Å². The molecule has 0 radical (unpaired) electrons. The van der Waals surface area contributed by atoms with Crippen LogP contribution >= 0.6 is 0 Å². The van der Waals surface area contributed by atoms with Gasteiger partial charge in [0.25, 0.3) is 0 Å². The number of carbonyl (C=O) groups excluding carboxylic acids is 1. The predicted octanol–water partition coefficient (Wildman–Crippen LogP) is 1.94. The fraction of sp³-hybridized carbons (Fsp3) is 0.600. The molecule has 1 rings (SSSR count). The number of rotatable bonds is 11. The molecule has 0 bridgehead atoms.